The van der Waals surface area contributed by atoms with Crippen molar-refractivity contribution in [3.63, 3.8) is 0 Å². The van der Waals surface area contributed by atoms with Crippen LogP contribution in [0.2, 0.25) is 0 Å². The molecule has 1 aliphatic heterocycles. The first-order valence-corrected chi connectivity index (χ1v) is 12.2. The standard InChI is InChI=1S/C26H28N2O3S/c1-20-10-12-25(13-11-20)32(30,31)28(17-22-7-5-6-21(2)16-22)19-26(29)27-15-14-23-8-3-4-9-24(23)18-27/h3-13,16H,14-15,17-19H2,1-2H3. The second-order valence-electron chi connectivity index (χ2n) is 8.41. The summed E-state index contributed by atoms with van der Waals surface area (Å²) in [6.45, 7) is 4.95. The topological polar surface area (TPSA) is 57.7 Å². The number of aryl methyl sites for hydroxylation is 2. The molecule has 0 spiro atoms. The molecule has 5 nitrogen and oxygen atoms in total. The van der Waals surface area contributed by atoms with Crippen LogP contribution in [0.15, 0.2) is 77.7 Å². The molecule has 1 heterocycles. The Morgan fingerprint density at radius 3 is 2.34 bits per heavy atom. The highest BCUT2D eigenvalue weighted by Crippen LogP contribution is 2.22. The first kappa shape index (κ1) is 22.2. The molecule has 0 N–H and O–H groups in total. The van der Waals surface area contributed by atoms with Crippen LogP contribution < -0.4 is 0 Å². The molecular formula is C26H28N2O3S. The summed E-state index contributed by atoms with van der Waals surface area (Å²) in [6, 6.07) is 22.6. The molecule has 0 atom stereocenters. The molecule has 0 aliphatic carbocycles. The lowest BCUT2D eigenvalue weighted by atomic mass is 10.00. The number of hydrogen-bond acceptors (Lipinski definition) is 3. The van der Waals surface area contributed by atoms with E-state index in [1.165, 1.54) is 9.87 Å². The molecule has 0 saturated carbocycles. The number of fused-ring (bicyclic) bond motifs is 1. The molecule has 0 saturated heterocycles. The molecule has 3 aromatic rings. The van der Waals surface area contributed by atoms with Gasteiger partial charge in [0.25, 0.3) is 0 Å². The summed E-state index contributed by atoms with van der Waals surface area (Å²) < 4.78 is 28.3. The lowest BCUT2D eigenvalue weighted by Gasteiger charge is -2.31. The predicted octanol–water partition coefficient (Wildman–Crippen LogP) is 4.08. The lowest BCUT2D eigenvalue weighted by molar-refractivity contribution is -0.132. The third-order valence-electron chi connectivity index (χ3n) is 5.90. The van der Waals surface area contributed by atoms with Gasteiger partial charge in [0, 0.05) is 19.6 Å². The Hall–Kier alpha value is -2.96. The summed E-state index contributed by atoms with van der Waals surface area (Å²) in [5.41, 5.74) is 5.27. The highest BCUT2D eigenvalue weighted by molar-refractivity contribution is 7.89. The molecule has 0 unspecified atom stereocenters. The summed E-state index contributed by atoms with van der Waals surface area (Å²) in [7, 11) is -3.84. The van der Waals surface area contributed by atoms with E-state index in [0.29, 0.717) is 13.1 Å². The molecule has 1 aliphatic rings. The fourth-order valence-electron chi connectivity index (χ4n) is 4.06. The van der Waals surface area contributed by atoms with Crippen molar-refractivity contribution in [2.45, 2.75) is 38.3 Å². The molecule has 3 aromatic carbocycles. The molecular weight excluding hydrogens is 420 g/mol. The van der Waals surface area contributed by atoms with Crippen LogP contribution in [0.4, 0.5) is 0 Å². The van der Waals surface area contributed by atoms with Gasteiger partial charge in [0.05, 0.1) is 11.4 Å². The summed E-state index contributed by atoms with van der Waals surface area (Å²) in [4.78, 5) is 15.2. The van der Waals surface area contributed by atoms with Crippen LogP contribution in [0, 0.1) is 13.8 Å². The highest BCUT2D eigenvalue weighted by atomic mass is 32.2. The van der Waals surface area contributed by atoms with Gasteiger partial charge in [-0.2, -0.15) is 4.31 Å². The second kappa shape index (κ2) is 9.27. The molecule has 0 fully saturated rings. The average Bonchev–Trinajstić information content (AvgIpc) is 2.78. The van der Waals surface area contributed by atoms with E-state index < -0.39 is 10.0 Å². The Morgan fingerprint density at radius 1 is 0.906 bits per heavy atom. The third kappa shape index (κ3) is 4.92. The van der Waals surface area contributed by atoms with E-state index in [2.05, 4.69) is 6.07 Å². The number of rotatable bonds is 6. The van der Waals surface area contributed by atoms with Gasteiger partial charge in [-0.1, -0.05) is 71.8 Å². The minimum atomic E-state index is -3.84. The van der Waals surface area contributed by atoms with Crippen molar-refractivity contribution in [1.29, 1.82) is 0 Å². The van der Waals surface area contributed by atoms with Crippen molar-refractivity contribution < 1.29 is 13.2 Å². The highest BCUT2D eigenvalue weighted by Gasteiger charge is 2.30. The summed E-state index contributed by atoms with van der Waals surface area (Å²) >= 11 is 0. The van der Waals surface area contributed by atoms with E-state index in [9.17, 15) is 13.2 Å². The van der Waals surface area contributed by atoms with Crippen LogP contribution in [-0.4, -0.2) is 36.6 Å². The number of carbonyl (C=O) groups excluding carboxylic acids is 1. The van der Waals surface area contributed by atoms with E-state index >= 15 is 0 Å². The van der Waals surface area contributed by atoms with Gasteiger partial charge in [-0.15, -0.1) is 0 Å². The molecule has 32 heavy (non-hydrogen) atoms. The van der Waals surface area contributed by atoms with E-state index in [0.717, 1.165) is 28.7 Å². The molecule has 166 valence electrons. The number of nitrogens with zero attached hydrogens (tertiary/aromatic N) is 2. The first-order chi connectivity index (χ1) is 15.3. The van der Waals surface area contributed by atoms with Crippen LogP contribution in [-0.2, 0) is 34.3 Å². The normalized spacial score (nSPS) is 13.8. The maximum absolute atomic E-state index is 13.5. The zero-order valence-electron chi connectivity index (χ0n) is 18.5. The predicted molar refractivity (Wildman–Crippen MR) is 126 cm³/mol. The van der Waals surface area contributed by atoms with Gasteiger partial charge in [0.1, 0.15) is 0 Å². The lowest BCUT2D eigenvalue weighted by Crippen LogP contribution is -2.44. The van der Waals surface area contributed by atoms with E-state index in [-0.39, 0.29) is 23.9 Å². The third-order valence-corrected chi connectivity index (χ3v) is 7.70. The van der Waals surface area contributed by atoms with Gasteiger partial charge in [-0.3, -0.25) is 4.79 Å². The largest absolute Gasteiger partial charge is 0.337 e. The summed E-state index contributed by atoms with van der Waals surface area (Å²) in [6.07, 6.45) is 0.782. The Bertz CT molecular complexity index is 1220. The fourth-order valence-corrected chi connectivity index (χ4v) is 5.44. The minimum absolute atomic E-state index is 0.147. The molecule has 0 radical (unpaired) electrons. The Labute approximate surface area is 190 Å². The SMILES string of the molecule is Cc1ccc(S(=O)(=O)N(CC(=O)N2CCc3ccccc3C2)Cc2cccc(C)c2)cc1. The van der Waals surface area contributed by atoms with Crippen molar-refractivity contribution in [2.24, 2.45) is 0 Å². The number of carbonyl (C=O) groups is 1. The molecule has 1 amide bonds. The van der Waals surface area contributed by atoms with Crippen LogP contribution in [0.5, 0.6) is 0 Å². The molecule has 4 rings (SSSR count). The van der Waals surface area contributed by atoms with Gasteiger partial charge in [-0.25, -0.2) is 8.42 Å². The van der Waals surface area contributed by atoms with Crippen molar-refractivity contribution >= 4 is 15.9 Å². The monoisotopic (exact) mass is 448 g/mol. The smallest absolute Gasteiger partial charge is 0.243 e. The zero-order chi connectivity index (χ0) is 22.7. The van der Waals surface area contributed by atoms with Crippen LogP contribution in [0.1, 0.15) is 27.8 Å². The fraction of sp³-hybridized carbons (Fsp3) is 0.269. The molecule has 6 heteroatoms. The maximum Gasteiger partial charge on any atom is 0.243 e. The van der Waals surface area contributed by atoms with Crippen LogP contribution >= 0.6 is 0 Å². The number of benzene rings is 3. The maximum atomic E-state index is 13.5. The number of amides is 1. The van der Waals surface area contributed by atoms with Crippen molar-refractivity contribution in [3.05, 3.63) is 101 Å². The van der Waals surface area contributed by atoms with Crippen LogP contribution in [0.25, 0.3) is 0 Å². The van der Waals surface area contributed by atoms with E-state index in [4.69, 9.17) is 0 Å². The van der Waals surface area contributed by atoms with Crippen molar-refractivity contribution in [2.75, 3.05) is 13.1 Å². The minimum Gasteiger partial charge on any atom is -0.337 e. The van der Waals surface area contributed by atoms with Gasteiger partial charge in [-0.05, 0) is 49.1 Å². The van der Waals surface area contributed by atoms with Gasteiger partial charge in [0.2, 0.25) is 15.9 Å². The number of sulfonamides is 1. The van der Waals surface area contributed by atoms with Gasteiger partial charge >= 0.3 is 0 Å². The number of hydrogen-bond donors (Lipinski definition) is 0. The quantitative estimate of drug-likeness (QED) is 0.571. The Morgan fingerprint density at radius 2 is 1.62 bits per heavy atom. The summed E-state index contributed by atoms with van der Waals surface area (Å²) in [5.74, 6) is -0.178. The summed E-state index contributed by atoms with van der Waals surface area (Å²) in [5, 5.41) is 0. The molecule has 0 bridgehead atoms. The van der Waals surface area contributed by atoms with Crippen molar-refractivity contribution in [3.8, 4) is 0 Å². The second-order valence-corrected chi connectivity index (χ2v) is 10.3. The molecule has 0 aromatic heterocycles. The zero-order valence-corrected chi connectivity index (χ0v) is 19.3. The van der Waals surface area contributed by atoms with E-state index in [1.54, 1.807) is 29.2 Å². The first-order valence-electron chi connectivity index (χ1n) is 10.8. The Balaban J connectivity index is 1.60. The van der Waals surface area contributed by atoms with Crippen molar-refractivity contribution in [1.82, 2.24) is 9.21 Å². The average molecular weight is 449 g/mol. The van der Waals surface area contributed by atoms with Crippen LogP contribution in [0.3, 0.4) is 0 Å². The Kier molecular flexibility index (Phi) is 6.44. The van der Waals surface area contributed by atoms with Gasteiger partial charge in [0.15, 0.2) is 0 Å². The van der Waals surface area contributed by atoms with E-state index in [1.807, 2.05) is 56.3 Å². The van der Waals surface area contributed by atoms with Gasteiger partial charge < -0.3 is 4.90 Å².